The minimum atomic E-state index is -0.429. The second kappa shape index (κ2) is 11.0. The Hall–Kier alpha value is -3.20. The van der Waals surface area contributed by atoms with Crippen molar-refractivity contribution in [1.29, 1.82) is 5.41 Å². The molecule has 2 saturated heterocycles. The van der Waals surface area contributed by atoms with Crippen molar-refractivity contribution in [3.63, 3.8) is 0 Å². The van der Waals surface area contributed by atoms with Crippen molar-refractivity contribution in [2.24, 2.45) is 5.92 Å². The first-order valence-electron chi connectivity index (χ1n) is 12.8. The largest absolute Gasteiger partial charge is 0.382 e. The van der Waals surface area contributed by atoms with Crippen LogP contribution in [0.2, 0.25) is 0 Å². The average molecular weight is 520 g/mol. The predicted molar refractivity (Wildman–Crippen MR) is 153 cm³/mol. The first-order chi connectivity index (χ1) is 18.0. The zero-order valence-corrected chi connectivity index (χ0v) is 22.4. The number of anilines is 3. The maximum absolute atomic E-state index is 13.1. The number of hydrogen-bond acceptors (Lipinski definition) is 8. The molecule has 1 unspecified atom stereocenters. The fourth-order valence-corrected chi connectivity index (χ4v) is 5.90. The van der Waals surface area contributed by atoms with Gasteiger partial charge in [-0.05, 0) is 59.9 Å². The average Bonchev–Trinajstić information content (AvgIpc) is 3.35. The number of allylic oxidation sites excluding steroid dienone is 2. The molecule has 9 heteroatoms. The molecule has 5 rings (SSSR count). The van der Waals surface area contributed by atoms with E-state index in [1.165, 1.54) is 34.0 Å². The minimum absolute atomic E-state index is 0.208. The molecule has 0 amide bonds. The molecular weight excluding hydrogens is 485 g/mol. The molecule has 37 heavy (non-hydrogen) atoms. The molecule has 0 radical (unpaired) electrons. The van der Waals surface area contributed by atoms with Crippen molar-refractivity contribution in [3.8, 4) is 0 Å². The highest BCUT2D eigenvalue weighted by Gasteiger charge is 2.28. The van der Waals surface area contributed by atoms with Crippen molar-refractivity contribution in [1.82, 2.24) is 20.3 Å². The van der Waals surface area contributed by atoms with Crippen LogP contribution in [0.1, 0.15) is 44.0 Å². The smallest absolute Gasteiger partial charge is 0.164 e. The molecule has 2 aliphatic heterocycles. The van der Waals surface area contributed by atoms with Gasteiger partial charge < -0.3 is 20.9 Å². The number of nitrogens with zero attached hydrogens (tertiary/aromatic N) is 4. The van der Waals surface area contributed by atoms with Crippen LogP contribution < -0.4 is 15.5 Å². The highest BCUT2D eigenvalue weighted by Crippen LogP contribution is 2.37. The lowest BCUT2D eigenvalue weighted by Gasteiger charge is -2.41. The molecule has 0 saturated carbocycles. The fraction of sp³-hybridized carbons (Fsp3) is 0.429. The Labute approximate surface area is 221 Å². The summed E-state index contributed by atoms with van der Waals surface area (Å²) in [5, 5.41) is 16.8. The van der Waals surface area contributed by atoms with Crippen LogP contribution >= 0.6 is 11.8 Å². The number of alkyl halides is 1. The van der Waals surface area contributed by atoms with Gasteiger partial charge in [-0.3, -0.25) is 0 Å². The van der Waals surface area contributed by atoms with Crippen LogP contribution in [0.25, 0.3) is 16.3 Å². The Kier molecular flexibility index (Phi) is 7.60. The Balaban J connectivity index is 1.43. The first kappa shape index (κ1) is 25.4. The number of aromatic nitrogens is 3. The number of rotatable bonds is 9. The van der Waals surface area contributed by atoms with Crippen LogP contribution in [-0.4, -0.2) is 59.0 Å². The van der Waals surface area contributed by atoms with Gasteiger partial charge in [0, 0.05) is 54.4 Å². The molecule has 4 heterocycles. The molecular formula is C28H34FN7S. The van der Waals surface area contributed by atoms with Gasteiger partial charge in [0.2, 0.25) is 0 Å². The topological polar surface area (TPSA) is 89.8 Å². The normalized spacial score (nSPS) is 19.2. The molecule has 3 aromatic rings. The number of halogens is 1. The molecule has 1 atom stereocenters. The summed E-state index contributed by atoms with van der Waals surface area (Å²) in [5.41, 5.74) is 3.95. The van der Waals surface area contributed by atoms with Crippen LogP contribution in [0.4, 0.5) is 21.7 Å². The Morgan fingerprint density at radius 3 is 2.78 bits per heavy atom. The minimum Gasteiger partial charge on any atom is -0.382 e. The van der Waals surface area contributed by atoms with E-state index in [2.05, 4.69) is 63.8 Å². The van der Waals surface area contributed by atoms with E-state index in [1.54, 1.807) is 12.3 Å². The number of thioether (sulfide) groups is 1. The zero-order chi connectivity index (χ0) is 25.9. The van der Waals surface area contributed by atoms with Crippen molar-refractivity contribution in [2.45, 2.75) is 38.6 Å². The maximum atomic E-state index is 13.1. The molecule has 7 nitrogen and oxygen atoms in total. The van der Waals surface area contributed by atoms with Gasteiger partial charge in [-0.1, -0.05) is 19.9 Å². The number of nitrogens with one attached hydrogen (secondary N) is 3. The summed E-state index contributed by atoms with van der Waals surface area (Å²) in [5.74, 6) is 4.08. The summed E-state index contributed by atoms with van der Waals surface area (Å²) < 4.78 is 13.1. The molecule has 194 valence electrons. The number of fused-ring (bicyclic) bond motifs is 1. The molecule has 0 bridgehead atoms. The van der Waals surface area contributed by atoms with Gasteiger partial charge in [0.05, 0.1) is 11.6 Å². The second-order valence-electron chi connectivity index (χ2n) is 10.1. The monoisotopic (exact) mass is 519 g/mol. The maximum Gasteiger partial charge on any atom is 0.164 e. The summed E-state index contributed by atoms with van der Waals surface area (Å²) in [6.07, 6.45) is 8.44. The lowest BCUT2D eigenvalue weighted by atomic mass is 9.93. The third-order valence-corrected chi connectivity index (χ3v) is 7.97. The van der Waals surface area contributed by atoms with Crippen LogP contribution in [0.3, 0.4) is 0 Å². The molecule has 0 aliphatic carbocycles. The molecule has 3 N–H and O–H groups in total. The SMILES string of the molecule is CSCC1CN(c2ccc(C(C)C)c3cc(Nc4ccnc(/C(C=N)=C5\CCC(CF)N5)n4)ncc23)C1. The van der Waals surface area contributed by atoms with E-state index < -0.39 is 6.67 Å². The van der Waals surface area contributed by atoms with Crippen LogP contribution in [0.15, 0.2) is 42.4 Å². The Bertz CT molecular complexity index is 1320. The summed E-state index contributed by atoms with van der Waals surface area (Å²) in [6, 6.07) is 8.18. The van der Waals surface area contributed by atoms with E-state index in [0.717, 1.165) is 24.7 Å². The summed E-state index contributed by atoms with van der Waals surface area (Å²) in [4.78, 5) is 16.2. The van der Waals surface area contributed by atoms with Crippen molar-refractivity contribution < 1.29 is 4.39 Å². The molecule has 0 spiro atoms. The number of pyridine rings is 1. The van der Waals surface area contributed by atoms with Crippen LogP contribution in [0, 0.1) is 11.3 Å². The highest BCUT2D eigenvalue weighted by atomic mass is 32.2. The third kappa shape index (κ3) is 5.28. The standard InChI is InChI=1S/C28H34FN7S/c1-17(2)20-5-7-25(36-14-18(15-36)16-37-3)23-13-32-27(10-21(20)23)34-26-8-9-31-28(35-26)22(12-30)24-6-4-19(11-29)33-24/h5,7-10,12-13,17-19,30,33H,4,6,11,14-16H2,1-3H3,(H,31,32,34,35)/b24-22+,30-12?. The van der Waals surface area contributed by atoms with Gasteiger partial charge in [0.15, 0.2) is 5.82 Å². The van der Waals surface area contributed by atoms with Gasteiger partial charge in [-0.15, -0.1) is 0 Å². The van der Waals surface area contributed by atoms with Gasteiger partial charge in [-0.2, -0.15) is 11.8 Å². The van der Waals surface area contributed by atoms with Crippen molar-refractivity contribution >= 4 is 51.6 Å². The number of benzene rings is 1. The highest BCUT2D eigenvalue weighted by molar-refractivity contribution is 7.98. The van der Waals surface area contributed by atoms with E-state index in [-0.39, 0.29) is 6.04 Å². The van der Waals surface area contributed by atoms with E-state index in [9.17, 15) is 4.39 Å². The van der Waals surface area contributed by atoms with Crippen LogP contribution in [-0.2, 0) is 0 Å². The Morgan fingerprint density at radius 1 is 1.24 bits per heavy atom. The fourth-order valence-electron chi connectivity index (χ4n) is 5.22. The lowest BCUT2D eigenvalue weighted by molar-refractivity contribution is 0.410. The third-order valence-electron chi connectivity index (χ3n) is 7.16. The molecule has 2 fully saturated rings. The van der Waals surface area contributed by atoms with Gasteiger partial charge in [0.25, 0.3) is 0 Å². The second-order valence-corrected chi connectivity index (χ2v) is 11.0. The first-order valence-corrected chi connectivity index (χ1v) is 14.2. The van der Waals surface area contributed by atoms with E-state index >= 15 is 0 Å². The predicted octanol–water partition coefficient (Wildman–Crippen LogP) is 5.77. The van der Waals surface area contributed by atoms with E-state index in [1.807, 2.05) is 18.0 Å². The summed E-state index contributed by atoms with van der Waals surface area (Å²) in [7, 11) is 0. The Morgan fingerprint density at radius 2 is 2.08 bits per heavy atom. The van der Waals surface area contributed by atoms with Crippen LogP contribution in [0.5, 0.6) is 0 Å². The lowest BCUT2D eigenvalue weighted by Crippen LogP contribution is -2.48. The molecule has 2 aromatic heterocycles. The quantitative estimate of drug-likeness (QED) is 0.309. The van der Waals surface area contributed by atoms with Gasteiger partial charge >= 0.3 is 0 Å². The summed E-state index contributed by atoms with van der Waals surface area (Å²) >= 11 is 1.92. The summed E-state index contributed by atoms with van der Waals surface area (Å²) in [6.45, 7) is 6.18. The number of hydrogen-bond donors (Lipinski definition) is 3. The molecule has 2 aliphatic rings. The van der Waals surface area contributed by atoms with Crippen molar-refractivity contribution in [2.75, 3.05) is 42.0 Å². The van der Waals surface area contributed by atoms with E-state index in [0.29, 0.717) is 41.8 Å². The van der Waals surface area contributed by atoms with E-state index in [4.69, 9.17) is 10.4 Å². The van der Waals surface area contributed by atoms with Gasteiger partial charge in [0.1, 0.15) is 18.3 Å². The van der Waals surface area contributed by atoms with Crippen molar-refractivity contribution in [3.05, 3.63) is 53.7 Å². The zero-order valence-electron chi connectivity index (χ0n) is 21.6. The van der Waals surface area contributed by atoms with Gasteiger partial charge in [-0.25, -0.2) is 19.3 Å². The molecule has 1 aromatic carbocycles.